The second kappa shape index (κ2) is 5.64. The minimum Gasteiger partial charge on any atom is -0.475 e. The zero-order valence-corrected chi connectivity index (χ0v) is 12.1. The van der Waals surface area contributed by atoms with Crippen molar-refractivity contribution in [1.29, 1.82) is 0 Å². The maximum atomic E-state index is 11.2. The molecule has 0 atom stereocenters. The molecule has 0 bridgehead atoms. The van der Waals surface area contributed by atoms with E-state index in [4.69, 9.17) is 4.42 Å². The van der Waals surface area contributed by atoms with Gasteiger partial charge in [0.1, 0.15) is 0 Å². The lowest BCUT2D eigenvalue weighted by Gasteiger charge is -2.33. The molecule has 0 saturated carbocycles. The van der Waals surface area contributed by atoms with Crippen LogP contribution < -0.4 is 4.90 Å². The summed E-state index contributed by atoms with van der Waals surface area (Å²) in [6.45, 7) is 3.62. The summed E-state index contributed by atoms with van der Waals surface area (Å²) in [6.07, 6.45) is 3.60. The molecule has 1 aromatic heterocycles. The Labute approximate surface area is 124 Å². The fourth-order valence-electron chi connectivity index (χ4n) is 3.14. The van der Waals surface area contributed by atoms with Gasteiger partial charge >= 0.3 is 5.97 Å². The van der Waals surface area contributed by atoms with E-state index in [1.54, 1.807) is 0 Å². The maximum absolute atomic E-state index is 11.2. The molecular weight excluding hydrogens is 266 g/mol. The topological polar surface area (TPSA) is 53.7 Å². The molecule has 1 saturated heterocycles. The number of benzene rings is 1. The Bertz CT molecular complexity index is 625. The Morgan fingerprint density at radius 2 is 1.90 bits per heavy atom. The third-order valence-electron chi connectivity index (χ3n) is 4.22. The van der Waals surface area contributed by atoms with Crippen LogP contribution in [0.4, 0.5) is 5.69 Å². The fraction of sp³-hybridized carbons (Fsp3) is 0.353. The minimum atomic E-state index is -0.997. The maximum Gasteiger partial charge on any atom is 0.374 e. The Balaban J connectivity index is 1.75. The largest absolute Gasteiger partial charge is 0.475 e. The number of carboxylic acids is 1. The lowest BCUT2D eigenvalue weighted by Crippen LogP contribution is -2.34. The molecule has 1 aliphatic heterocycles. The molecule has 21 heavy (non-hydrogen) atoms. The molecule has 1 N–H and O–H groups in total. The average Bonchev–Trinajstić information content (AvgIpc) is 2.90. The number of furan rings is 1. The molecule has 0 radical (unpaired) electrons. The smallest absolute Gasteiger partial charge is 0.374 e. The summed E-state index contributed by atoms with van der Waals surface area (Å²) in [5, 5.41) is 9.22. The van der Waals surface area contributed by atoms with E-state index in [-0.39, 0.29) is 5.76 Å². The number of aromatic carboxylic acids is 1. The zero-order chi connectivity index (χ0) is 14.8. The van der Waals surface area contributed by atoms with Gasteiger partial charge in [0.05, 0.1) is 12.0 Å². The van der Waals surface area contributed by atoms with Crippen molar-refractivity contribution in [2.24, 2.45) is 0 Å². The monoisotopic (exact) mass is 285 g/mol. The van der Waals surface area contributed by atoms with Crippen molar-refractivity contribution >= 4 is 11.7 Å². The van der Waals surface area contributed by atoms with Crippen molar-refractivity contribution in [3.8, 4) is 0 Å². The molecular formula is C17H19NO3. The zero-order valence-electron chi connectivity index (χ0n) is 12.1. The highest BCUT2D eigenvalue weighted by atomic mass is 16.4. The number of carboxylic acid groups (broad SMARTS) is 1. The summed E-state index contributed by atoms with van der Waals surface area (Å²) >= 11 is 0. The van der Waals surface area contributed by atoms with Gasteiger partial charge in [0.25, 0.3) is 0 Å². The molecule has 1 aliphatic rings. The van der Waals surface area contributed by atoms with Crippen LogP contribution in [-0.4, -0.2) is 24.2 Å². The summed E-state index contributed by atoms with van der Waals surface area (Å²) in [5.74, 6) is -0.378. The summed E-state index contributed by atoms with van der Waals surface area (Å²) in [6, 6.07) is 10.5. The van der Waals surface area contributed by atoms with Gasteiger partial charge in [-0.2, -0.15) is 0 Å². The summed E-state index contributed by atoms with van der Waals surface area (Å²) in [4.78, 5) is 13.4. The van der Waals surface area contributed by atoms with E-state index in [2.05, 4.69) is 29.2 Å². The first-order chi connectivity index (χ1) is 10.2. The van der Waals surface area contributed by atoms with Crippen molar-refractivity contribution in [3.63, 3.8) is 0 Å². The lowest BCUT2D eigenvalue weighted by molar-refractivity contribution is 0.0663. The van der Waals surface area contributed by atoms with E-state index >= 15 is 0 Å². The molecule has 0 spiro atoms. The van der Waals surface area contributed by atoms with Crippen molar-refractivity contribution in [2.45, 2.75) is 25.7 Å². The first-order valence-electron chi connectivity index (χ1n) is 7.28. The molecule has 110 valence electrons. The number of rotatable bonds is 3. The van der Waals surface area contributed by atoms with E-state index in [1.807, 2.05) is 13.0 Å². The summed E-state index contributed by atoms with van der Waals surface area (Å²) in [5.41, 5.74) is 3.01. The number of hydrogen-bond donors (Lipinski definition) is 1. The molecule has 2 heterocycles. The van der Waals surface area contributed by atoms with Crippen LogP contribution in [0.15, 0.2) is 41.0 Å². The van der Waals surface area contributed by atoms with Crippen LogP contribution in [0, 0.1) is 6.92 Å². The Morgan fingerprint density at radius 3 is 2.52 bits per heavy atom. The average molecular weight is 285 g/mol. The highest BCUT2D eigenvalue weighted by Crippen LogP contribution is 2.34. The van der Waals surface area contributed by atoms with Gasteiger partial charge < -0.3 is 14.4 Å². The molecule has 3 rings (SSSR count). The number of aryl methyl sites for hydroxylation is 1. The quantitative estimate of drug-likeness (QED) is 0.934. The number of nitrogens with zero attached hydrogens (tertiary/aromatic N) is 1. The van der Waals surface area contributed by atoms with Crippen LogP contribution in [-0.2, 0) is 0 Å². The van der Waals surface area contributed by atoms with Crippen LogP contribution in [0.25, 0.3) is 0 Å². The molecule has 0 amide bonds. The third-order valence-corrected chi connectivity index (χ3v) is 4.22. The number of hydrogen-bond acceptors (Lipinski definition) is 3. The molecule has 0 unspecified atom stereocenters. The molecule has 1 aromatic carbocycles. The van der Waals surface area contributed by atoms with Gasteiger partial charge in [-0.25, -0.2) is 4.79 Å². The molecule has 4 heteroatoms. The number of anilines is 1. The van der Waals surface area contributed by atoms with Gasteiger partial charge in [0, 0.05) is 18.7 Å². The Kier molecular flexibility index (Phi) is 3.69. The van der Waals surface area contributed by atoms with Crippen LogP contribution in [0.5, 0.6) is 0 Å². The van der Waals surface area contributed by atoms with Crippen molar-refractivity contribution in [1.82, 2.24) is 0 Å². The SMILES string of the molecule is Cc1coc(C(=O)O)c1N1CCC(c2ccccc2)CC1. The van der Waals surface area contributed by atoms with E-state index in [1.165, 1.54) is 11.8 Å². The third kappa shape index (κ3) is 2.66. The predicted molar refractivity (Wildman–Crippen MR) is 81.0 cm³/mol. The van der Waals surface area contributed by atoms with Gasteiger partial charge in [-0.1, -0.05) is 30.3 Å². The van der Waals surface area contributed by atoms with Crippen LogP contribution in [0.3, 0.4) is 0 Å². The standard InChI is InChI=1S/C17H19NO3/c1-12-11-21-16(17(19)20)15(12)18-9-7-14(8-10-18)13-5-3-2-4-6-13/h2-6,11,14H,7-10H2,1H3,(H,19,20). The highest BCUT2D eigenvalue weighted by molar-refractivity contribution is 5.92. The van der Waals surface area contributed by atoms with Crippen LogP contribution in [0.2, 0.25) is 0 Å². The first kappa shape index (κ1) is 13.7. The van der Waals surface area contributed by atoms with Crippen LogP contribution in [0.1, 0.15) is 40.4 Å². The van der Waals surface area contributed by atoms with Gasteiger partial charge in [-0.3, -0.25) is 0 Å². The Hall–Kier alpha value is -2.23. The first-order valence-corrected chi connectivity index (χ1v) is 7.28. The van der Waals surface area contributed by atoms with Crippen molar-refractivity contribution in [2.75, 3.05) is 18.0 Å². The van der Waals surface area contributed by atoms with Crippen molar-refractivity contribution < 1.29 is 14.3 Å². The van der Waals surface area contributed by atoms with Crippen LogP contribution >= 0.6 is 0 Å². The van der Waals surface area contributed by atoms with Gasteiger partial charge in [-0.05, 0) is 31.2 Å². The molecule has 1 fully saturated rings. The van der Waals surface area contributed by atoms with E-state index in [0.717, 1.165) is 37.2 Å². The molecule has 4 nitrogen and oxygen atoms in total. The van der Waals surface area contributed by atoms with Gasteiger partial charge in [0.2, 0.25) is 5.76 Å². The number of carbonyl (C=O) groups is 1. The van der Waals surface area contributed by atoms with E-state index in [0.29, 0.717) is 5.92 Å². The predicted octanol–water partition coefficient (Wildman–Crippen LogP) is 3.67. The number of piperidine rings is 1. The minimum absolute atomic E-state index is 0.0608. The molecule has 0 aliphatic carbocycles. The van der Waals surface area contributed by atoms with E-state index in [9.17, 15) is 9.90 Å². The molecule has 2 aromatic rings. The van der Waals surface area contributed by atoms with Gasteiger partial charge in [-0.15, -0.1) is 0 Å². The second-order valence-corrected chi connectivity index (χ2v) is 5.57. The lowest BCUT2D eigenvalue weighted by atomic mass is 9.89. The fourth-order valence-corrected chi connectivity index (χ4v) is 3.14. The Morgan fingerprint density at radius 1 is 1.24 bits per heavy atom. The second-order valence-electron chi connectivity index (χ2n) is 5.57. The normalized spacial score (nSPS) is 16.1. The highest BCUT2D eigenvalue weighted by Gasteiger charge is 2.27. The van der Waals surface area contributed by atoms with E-state index < -0.39 is 5.97 Å². The van der Waals surface area contributed by atoms with Gasteiger partial charge in [0.15, 0.2) is 0 Å². The van der Waals surface area contributed by atoms with Crippen molar-refractivity contribution in [3.05, 3.63) is 53.5 Å². The summed E-state index contributed by atoms with van der Waals surface area (Å²) < 4.78 is 5.18. The summed E-state index contributed by atoms with van der Waals surface area (Å²) in [7, 11) is 0.